The second-order valence-corrected chi connectivity index (χ2v) is 2.46. The molecule has 2 heteroatoms. The predicted octanol–water partition coefficient (Wildman–Crippen LogP) is 1.08. The maximum atomic E-state index is 5.72. The van der Waals surface area contributed by atoms with Crippen molar-refractivity contribution in [3.05, 3.63) is 29.8 Å². The minimum Gasteiger partial charge on any atom is -0.491 e. The summed E-state index contributed by atoms with van der Waals surface area (Å²) in [6.45, 7) is 0.624. The van der Waals surface area contributed by atoms with E-state index >= 15 is 0 Å². The SMILES string of the molecule is N[C@H]1COc2ccccc21. The van der Waals surface area contributed by atoms with E-state index in [9.17, 15) is 0 Å². The molecule has 1 aromatic carbocycles. The molecular weight excluding hydrogens is 126 g/mol. The average molecular weight is 135 g/mol. The summed E-state index contributed by atoms with van der Waals surface area (Å²) >= 11 is 0. The van der Waals surface area contributed by atoms with Crippen molar-refractivity contribution >= 4 is 0 Å². The van der Waals surface area contributed by atoms with E-state index < -0.39 is 0 Å². The molecule has 0 saturated carbocycles. The summed E-state index contributed by atoms with van der Waals surface area (Å²) in [5, 5.41) is 0. The maximum Gasteiger partial charge on any atom is 0.124 e. The summed E-state index contributed by atoms with van der Waals surface area (Å²) in [5.41, 5.74) is 6.85. The van der Waals surface area contributed by atoms with Crippen LogP contribution in [0.1, 0.15) is 11.6 Å². The molecule has 1 aliphatic heterocycles. The predicted molar refractivity (Wildman–Crippen MR) is 38.9 cm³/mol. The normalized spacial score (nSPS) is 21.9. The van der Waals surface area contributed by atoms with Crippen molar-refractivity contribution in [2.75, 3.05) is 6.61 Å². The molecule has 0 radical (unpaired) electrons. The Bertz CT molecular complexity index is 247. The lowest BCUT2D eigenvalue weighted by atomic mass is 10.1. The first-order valence-electron chi connectivity index (χ1n) is 3.35. The van der Waals surface area contributed by atoms with Gasteiger partial charge in [0.15, 0.2) is 0 Å². The summed E-state index contributed by atoms with van der Waals surface area (Å²) < 4.78 is 5.29. The fourth-order valence-corrected chi connectivity index (χ4v) is 1.19. The fourth-order valence-electron chi connectivity index (χ4n) is 1.19. The summed E-state index contributed by atoms with van der Waals surface area (Å²) in [6.07, 6.45) is 0. The van der Waals surface area contributed by atoms with Crippen LogP contribution in [0.4, 0.5) is 0 Å². The van der Waals surface area contributed by atoms with Crippen molar-refractivity contribution in [2.24, 2.45) is 5.73 Å². The molecule has 52 valence electrons. The zero-order valence-corrected chi connectivity index (χ0v) is 5.58. The summed E-state index contributed by atoms with van der Waals surface area (Å²) in [4.78, 5) is 0. The molecule has 0 aliphatic carbocycles. The first-order valence-corrected chi connectivity index (χ1v) is 3.35. The molecule has 2 nitrogen and oxygen atoms in total. The molecular formula is C8H9NO. The molecule has 0 aromatic heterocycles. The van der Waals surface area contributed by atoms with Crippen LogP contribution in [0.2, 0.25) is 0 Å². The van der Waals surface area contributed by atoms with Gasteiger partial charge in [0, 0.05) is 5.56 Å². The van der Waals surface area contributed by atoms with Crippen molar-refractivity contribution in [3.63, 3.8) is 0 Å². The minimum absolute atomic E-state index is 0.0798. The van der Waals surface area contributed by atoms with Gasteiger partial charge < -0.3 is 10.5 Å². The van der Waals surface area contributed by atoms with E-state index in [4.69, 9.17) is 10.5 Å². The van der Waals surface area contributed by atoms with E-state index in [1.54, 1.807) is 0 Å². The van der Waals surface area contributed by atoms with Crippen LogP contribution < -0.4 is 10.5 Å². The maximum absolute atomic E-state index is 5.72. The molecule has 0 spiro atoms. The van der Waals surface area contributed by atoms with Gasteiger partial charge in [0.1, 0.15) is 12.4 Å². The zero-order valence-electron chi connectivity index (χ0n) is 5.58. The fraction of sp³-hybridized carbons (Fsp3) is 0.250. The number of benzene rings is 1. The van der Waals surface area contributed by atoms with Crippen molar-refractivity contribution in [1.29, 1.82) is 0 Å². The lowest BCUT2D eigenvalue weighted by molar-refractivity contribution is 0.333. The molecule has 10 heavy (non-hydrogen) atoms. The van der Waals surface area contributed by atoms with Crippen molar-refractivity contribution in [2.45, 2.75) is 6.04 Å². The van der Waals surface area contributed by atoms with Gasteiger partial charge in [-0.25, -0.2) is 0 Å². The van der Waals surface area contributed by atoms with Gasteiger partial charge in [-0.1, -0.05) is 18.2 Å². The third-order valence-electron chi connectivity index (χ3n) is 1.74. The van der Waals surface area contributed by atoms with Crippen LogP contribution in [0.3, 0.4) is 0 Å². The molecule has 0 fully saturated rings. The Morgan fingerprint density at radius 3 is 3.00 bits per heavy atom. The topological polar surface area (TPSA) is 35.2 Å². The Kier molecular flexibility index (Phi) is 1.14. The second kappa shape index (κ2) is 1.99. The Morgan fingerprint density at radius 2 is 2.20 bits per heavy atom. The largest absolute Gasteiger partial charge is 0.491 e. The minimum atomic E-state index is 0.0798. The van der Waals surface area contributed by atoms with Crippen molar-refractivity contribution in [3.8, 4) is 5.75 Å². The Balaban J connectivity index is 2.51. The first kappa shape index (κ1) is 5.74. The Labute approximate surface area is 59.6 Å². The highest BCUT2D eigenvalue weighted by molar-refractivity contribution is 5.38. The van der Waals surface area contributed by atoms with Gasteiger partial charge >= 0.3 is 0 Å². The second-order valence-electron chi connectivity index (χ2n) is 2.46. The van der Waals surface area contributed by atoms with Crippen LogP contribution >= 0.6 is 0 Å². The number of ether oxygens (including phenoxy) is 1. The number of fused-ring (bicyclic) bond motifs is 1. The molecule has 0 bridgehead atoms. The van der Waals surface area contributed by atoms with Crippen molar-refractivity contribution in [1.82, 2.24) is 0 Å². The number of rotatable bonds is 0. The summed E-state index contributed by atoms with van der Waals surface area (Å²) in [6, 6.07) is 7.97. The van der Waals surface area contributed by atoms with Gasteiger partial charge in [-0.05, 0) is 6.07 Å². The molecule has 0 unspecified atom stereocenters. The molecule has 1 aliphatic rings. The Morgan fingerprint density at radius 1 is 1.40 bits per heavy atom. The van der Waals surface area contributed by atoms with Crippen LogP contribution in [0.25, 0.3) is 0 Å². The highest BCUT2D eigenvalue weighted by Gasteiger charge is 2.18. The third kappa shape index (κ3) is 0.693. The smallest absolute Gasteiger partial charge is 0.124 e. The third-order valence-corrected chi connectivity index (χ3v) is 1.74. The first-order chi connectivity index (χ1) is 4.88. The van der Waals surface area contributed by atoms with Gasteiger partial charge in [-0.3, -0.25) is 0 Å². The molecule has 0 amide bonds. The quantitative estimate of drug-likeness (QED) is 0.577. The van der Waals surface area contributed by atoms with E-state index in [0.29, 0.717) is 6.61 Å². The van der Waals surface area contributed by atoms with Crippen LogP contribution in [0, 0.1) is 0 Å². The average Bonchev–Trinajstić information content (AvgIpc) is 2.34. The molecule has 2 rings (SSSR count). The van der Waals surface area contributed by atoms with Crippen molar-refractivity contribution < 1.29 is 4.74 Å². The summed E-state index contributed by atoms with van der Waals surface area (Å²) in [5.74, 6) is 0.940. The number of hydrogen-bond acceptors (Lipinski definition) is 2. The molecule has 0 saturated heterocycles. The molecule has 2 N–H and O–H groups in total. The van der Waals surface area contributed by atoms with E-state index in [1.165, 1.54) is 0 Å². The van der Waals surface area contributed by atoms with E-state index in [-0.39, 0.29) is 6.04 Å². The van der Waals surface area contributed by atoms with Gasteiger partial charge in [0.05, 0.1) is 6.04 Å². The van der Waals surface area contributed by atoms with Gasteiger partial charge in [-0.15, -0.1) is 0 Å². The standard InChI is InChI=1S/C8H9NO/c9-7-5-10-8-4-2-1-3-6(7)8/h1-4,7H,5,9H2/t7-/m0/s1. The molecule has 1 heterocycles. The van der Waals surface area contributed by atoms with Crippen LogP contribution in [0.15, 0.2) is 24.3 Å². The molecule has 1 atom stereocenters. The monoisotopic (exact) mass is 135 g/mol. The number of para-hydroxylation sites is 1. The number of nitrogens with two attached hydrogens (primary N) is 1. The van der Waals surface area contributed by atoms with Gasteiger partial charge in [0.25, 0.3) is 0 Å². The van der Waals surface area contributed by atoms with Gasteiger partial charge in [0.2, 0.25) is 0 Å². The zero-order chi connectivity index (χ0) is 6.97. The summed E-state index contributed by atoms with van der Waals surface area (Å²) in [7, 11) is 0. The number of hydrogen-bond donors (Lipinski definition) is 1. The van der Waals surface area contributed by atoms with E-state index in [2.05, 4.69) is 0 Å². The van der Waals surface area contributed by atoms with E-state index in [0.717, 1.165) is 11.3 Å². The van der Waals surface area contributed by atoms with Crippen LogP contribution in [0.5, 0.6) is 5.75 Å². The van der Waals surface area contributed by atoms with Gasteiger partial charge in [-0.2, -0.15) is 0 Å². The highest BCUT2D eigenvalue weighted by atomic mass is 16.5. The lowest BCUT2D eigenvalue weighted by Gasteiger charge is -1.96. The van der Waals surface area contributed by atoms with Crippen LogP contribution in [-0.2, 0) is 0 Å². The lowest BCUT2D eigenvalue weighted by Crippen LogP contribution is -2.10. The molecule has 1 aromatic rings. The van der Waals surface area contributed by atoms with Crippen LogP contribution in [-0.4, -0.2) is 6.61 Å². The highest BCUT2D eigenvalue weighted by Crippen LogP contribution is 2.29. The van der Waals surface area contributed by atoms with E-state index in [1.807, 2.05) is 24.3 Å². The Hall–Kier alpha value is -1.02.